The second-order valence-electron chi connectivity index (χ2n) is 6.15. The molecule has 1 N–H and O–H groups in total. The number of rotatable bonds is 7. The Hall–Kier alpha value is -2.63. The molecule has 5 nitrogen and oxygen atoms in total. The van der Waals surface area contributed by atoms with Crippen LogP contribution in [0.2, 0.25) is 10.0 Å². The average Bonchev–Trinajstić information content (AvgIpc) is 2.69. The number of pyridine rings is 1. The fourth-order valence-corrected chi connectivity index (χ4v) is 3.40. The van der Waals surface area contributed by atoms with Gasteiger partial charge in [0.1, 0.15) is 5.75 Å². The fourth-order valence-electron chi connectivity index (χ4n) is 2.92. The molecular formula is C21H20Cl2N2O3. The molecule has 3 aromatic rings. The van der Waals surface area contributed by atoms with Crippen molar-refractivity contribution < 1.29 is 14.6 Å². The van der Waals surface area contributed by atoms with E-state index in [0.717, 1.165) is 16.8 Å². The van der Waals surface area contributed by atoms with Gasteiger partial charge in [-0.2, -0.15) is 0 Å². The molecule has 0 saturated carbocycles. The second-order valence-corrected chi connectivity index (χ2v) is 6.96. The van der Waals surface area contributed by atoms with Gasteiger partial charge >= 0.3 is 0 Å². The first-order chi connectivity index (χ1) is 13.5. The number of aromatic nitrogens is 1. The van der Waals surface area contributed by atoms with Crippen molar-refractivity contribution in [2.45, 2.75) is 13.1 Å². The molecule has 0 aliphatic heterocycles. The van der Waals surface area contributed by atoms with Gasteiger partial charge in [0.15, 0.2) is 11.5 Å². The van der Waals surface area contributed by atoms with Crippen molar-refractivity contribution in [3.8, 4) is 17.2 Å². The molecule has 0 spiro atoms. The molecule has 0 aliphatic carbocycles. The van der Waals surface area contributed by atoms with Crippen LogP contribution in [0.25, 0.3) is 0 Å². The molecular weight excluding hydrogens is 399 g/mol. The molecule has 3 rings (SSSR count). The molecule has 0 radical (unpaired) electrons. The van der Waals surface area contributed by atoms with Crippen LogP contribution >= 0.6 is 23.2 Å². The molecule has 0 aliphatic rings. The van der Waals surface area contributed by atoms with Gasteiger partial charge in [0, 0.05) is 42.8 Å². The molecule has 146 valence electrons. The summed E-state index contributed by atoms with van der Waals surface area (Å²) in [4.78, 5) is 6.11. The average molecular weight is 419 g/mol. The summed E-state index contributed by atoms with van der Waals surface area (Å²) in [7, 11) is 3.19. The Morgan fingerprint density at radius 2 is 1.64 bits per heavy atom. The van der Waals surface area contributed by atoms with Crippen LogP contribution in [0.1, 0.15) is 11.1 Å². The van der Waals surface area contributed by atoms with Gasteiger partial charge in [0.25, 0.3) is 0 Å². The van der Waals surface area contributed by atoms with Crippen molar-refractivity contribution in [1.29, 1.82) is 0 Å². The van der Waals surface area contributed by atoms with E-state index in [1.807, 2.05) is 30.3 Å². The number of nitrogens with zero attached hydrogens (tertiary/aromatic N) is 2. The summed E-state index contributed by atoms with van der Waals surface area (Å²) >= 11 is 12.7. The van der Waals surface area contributed by atoms with E-state index in [2.05, 4.69) is 9.88 Å². The van der Waals surface area contributed by atoms with E-state index in [4.69, 9.17) is 32.7 Å². The van der Waals surface area contributed by atoms with Crippen LogP contribution < -0.4 is 14.4 Å². The number of phenols is 1. The van der Waals surface area contributed by atoms with Gasteiger partial charge in [0.05, 0.1) is 24.3 Å². The molecule has 0 amide bonds. The minimum atomic E-state index is 0.213. The number of aromatic hydroxyl groups is 1. The lowest BCUT2D eigenvalue weighted by Gasteiger charge is -2.27. The van der Waals surface area contributed by atoms with E-state index in [1.54, 1.807) is 38.7 Å². The number of methoxy groups -OCH3 is 2. The van der Waals surface area contributed by atoms with Crippen LogP contribution in [0.4, 0.5) is 5.69 Å². The summed E-state index contributed by atoms with van der Waals surface area (Å²) in [5, 5.41) is 10.8. The predicted octanol–water partition coefficient (Wildman–Crippen LogP) is 5.32. The zero-order valence-electron chi connectivity index (χ0n) is 15.5. The Balaban J connectivity index is 2.01. The first-order valence-corrected chi connectivity index (χ1v) is 9.30. The SMILES string of the molecule is COc1ccc(N(Cc2cccc(O)c2)Cc2c(Cl)cncc2Cl)cc1OC. The maximum absolute atomic E-state index is 9.82. The third kappa shape index (κ3) is 4.61. The summed E-state index contributed by atoms with van der Waals surface area (Å²) < 4.78 is 10.8. The Morgan fingerprint density at radius 1 is 0.929 bits per heavy atom. The summed E-state index contributed by atoms with van der Waals surface area (Å²) in [5.41, 5.74) is 2.61. The van der Waals surface area contributed by atoms with E-state index in [1.165, 1.54) is 0 Å². The van der Waals surface area contributed by atoms with Gasteiger partial charge < -0.3 is 19.5 Å². The highest BCUT2D eigenvalue weighted by Gasteiger charge is 2.16. The van der Waals surface area contributed by atoms with Crippen molar-refractivity contribution in [2.24, 2.45) is 0 Å². The van der Waals surface area contributed by atoms with Crippen molar-refractivity contribution in [3.05, 3.63) is 76.0 Å². The topological polar surface area (TPSA) is 54.8 Å². The molecule has 2 aromatic carbocycles. The zero-order valence-corrected chi connectivity index (χ0v) is 17.0. The summed E-state index contributed by atoms with van der Waals surface area (Å²) in [5.74, 6) is 1.47. The van der Waals surface area contributed by atoms with Gasteiger partial charge in [0.2, 0.25) is 0 Å². The van der Waals surface area contributed by atoms with Crippen LogP contribution in [0, 0.1) is 0 Å². The summed E-state index contributed by atoms with van der Waals surface area (Å²) in [6.45, 7) is 0.976. The first kappa shape index (κ1) is 20.1. The molecule has 0 unspecified atom stereocenters. The first-order valence-electron chi connectivity index (χ1n) is 8.54. The van der Waals surface area contributed by atoms with Gasteiger partial charge in [-0.3, -0.25) is 4.98 Å². The molecule has 7 heteroatoms. The molecule has 0 saturated heterocycles. The molecule has 28 heavy (non-hydrogen) atoms. The highest BCUT2D eigenvalue weighted by molar-refractivity contribution is 6.35. The maximum Gasteiger partial charge on any atom is 0.162 e. The fraction of sp³-hybridized carbons (Fsp3) is 0.190. The number of hydrogen-bond acceptors (Lipinski definition) is 5. The van der Waals surface area contributed by atoms with Gasteiger partial charge in [-0.05, 0) is 29.8 Å². The Bertz CT molecular complexity index is 946. The van der Waals surface area contributed by atoms with E-state index >= 15 is 0 Å². The largest absolute Gasteiger partial charge is 0.508 e. The van der Waals surface area contributed by atoms with Gasteiger partial charge in [-0.15, -0.1) is 0 Å². The zero-order chi connectivity index (χ0) is 20.1. The third-order valence-corrected chi connectivity index (χ3v) is 4.97. The molecule has 0 atom stereocenters. The Morgan fingerprint density at radius 3 is 2.29 bits per heavy atom. The normalized spacial score (nSPS) is 10.6. The van der Waals surface area contributed by atoms with Crippen LogP contribution in [0.5, 0.6) is 17.2 Å². The molecule has 1 heterocycles. The smallest absolute Gasteiger partial charge is 0.162 e. The maximum atomic E-state index is 9.82. The van der Waals surface area contributed by atoms with Gasteiger partial charge in [-0.1, -0.05) is 35.3 Å². The van der Waals surface area contributed by atoms with Crippen LogP contribution in [0.15, 0.2) is 54.9 Å². The lowest BCUT2D eigenvalue weighted by molar-refractivity contribution is 0.355. The Labute approximate surface area is 174 Å². The quantitative estimate of drug-likeness (QED) is 0.562. The number of anilines is 1. The molecule has 1 aromatic heterocycles. The number of hydrogen-bond donors (Lipinski definition) is 1. The summed E-state index contributed by atoms with van der Waals surface area (Å²) in [6, 6.07) is 12.8. The van der Waals surface area contributed by atoms with Crippen molar-refractivity contribution in [2.75, 3.05) is 19.1 Å². The molecule has 0 fully saturated rings. The standard InChI is InChI=1S/C21H20Cl2N2O3/c1-27-20-7-6-15(9-21(20)28-2)25(12-14-4-3-5-16(26)8-14)13-17-18(22)10-24-11-19(17)23/h3-11,26H,12-13H2,1-2H3. The van der Waals surface area contributed by atoms with E-state index in [0.29, 0.717) is 34.6 Å². The highest BCUT2D eigenvalue weighted by atomic mass is 35.5. The minimum Gasteiger partial charge on any atom is -0.508 e. The van der Waals surface area contributed by atoms with Crippen LogP contribution in [0.3, 0.4) is 0 Å². The van der Waals surface area contributed by atoms with E-state index < -0.39 is 0 Å². The minimum absolute atomic E-state index is 0.213. The van der Waals surface area contributed by atoms with Crippen molar-refractivity contribution >= 4 is 28.9 Å². The van der Waals surface area contributed by atoms with Gasteiger partial charge in [-0.25, -0.2) is 0 Å². The van der Waals surface area contributed by atoms with E-state index in [-0.39, 0.29) is 5.75 Å². The van der Waals surface area contributed by atoms with Crippen LogP contribution in [-0.2, 0) is 13.1 Å². The highest BCUT2D eigenvalue weighted by Crippen LogP contribution is 2.34. The number of benzene rings is 2. The summed E-state index contributed by atoms with van der Waals surface area (Å²) in [6.07, 6.45) is 3.15. The van der Waals surface area contributed by atoms with E-state index in [9.17, 15) is 5.11 Å². The van der Waals surface area contributed by atoms with Crippen LogP contribution in [-0.4, -0.2) is 24.3 Å². The van der Waals surface area contributed by atoms with Crippen molar-refractivity contribution in [3.63, 3.8) is 0 Å². The third-order valence-electron chi connectivity index (χ3n) is 4.32. The molecule has 0 bridgehead atoms. The second kappa shape index (κ2) is 9.04. The number of ether oxygens (including phenoxy) is 2. The predicted molar refractivity (Wildman–Crippen MR) is 112 cm³/mol. The monoisotopic (exact) mass is 418 g/mol. The van der Waals surface area contributed by atoms with Crippen molar-refractivity contribution in [1.82, 2.24) is 4.98 Å². The lowest BCUT2D eigenvalue weighted by atomic mass is 10.1. The number of halogens is 2. The number of phenolic OH excluding ortho intramolecular Hbond substituents is 1. The lowest BCUT2D eigenvalue weighted by Crippen LogP contribution is -2.22. The Kier molecular flexibility index (Phi) is 6.49.